The molecule has 1 aliphatic heterocycles. The predicted molar refractivity (Wildman–Crippen MR) is 174 cm³/mol. The summed E-state index contributed by atoms with van der Waals surface area (Å²) in [7, 11) is 1.55. The second kappa shape index (κ2) is 13.5. The van der Waals surface area contributed by atoms with Crippen LogP contribution in [0.25, 0.3) is 0 Å². The molecule has 0 saturated carbocycles. The Labute approximate surface area is 269 Å². The monoisotopic (exact) mass is 641 g/mol. The highest BCUT2D eigenvalue weighted by molar-refractivity contribution is 7.98. The van der Waals surface area contributed by atoms with E-state index in [2.05, 4.69) is 15.6 Å². The van der Waals surface area contributed by atoms with E-state index in [0.29, 0.717) is 62.5 Å². The van der Waals surface area contributed by atoms with E-state index < -0.39 is 6.04 Å². The van der Waals surface area contributed by atoms with Gasteiger partial charge < -0.3 is 20.1 Å². The fraction of sp³-hybridized carbons (Fsp3) is 0.147. The second-order valence-electron chi connectivity index (χ2n) is 10.2. The first-order chi connectivity index (χ1) is 21.9. The van der Waals surface area contributed by atoms with Crippen LogP contribution in [0.5, 0.6) is 11.5 Å². The van der Waals surface area contributed by atoms with Crippen LogP contribution in [0.3, 0.4) is 0 Å². The Balaban J connectivity index is 1.30. The zero-order chi connectivity index (χ0) is 31.3. The van der Waals surface area contributed by atoms with Crippen LogP contribution < -0.4 is 20.1 Å². The van der Waals surface area contributed by atoms with Gasteiger partial charge in [-0.3, -0.25) is 4.79 Å². The summed E-state index contributed by atoms with van der Waals surface area (Å²) in [5.74, 6) is 1.44. The first-order valence-corrected chi connectivity index (χ1v) is 15.5. The number of amides is 1. The largest absolute Gasteiger partial charge is 0.495 e. The van der Waals surface area contributed by atoms with E-state index in [-0.39, 0.29) is 11.7 Å². The average Bonchev–Trinajstić information content (AvgIpc) is 3.46. The minimum absolute atomic E-state index is 0.281. The van der Waals surface area contributed by atoms with E-state index in [0.717, 1.165) is 11.1 Å². The number of hydrogen-bond acceptors (Lipinski definition) is 7. The van der Waals surface area contributed by atoms with Gasteiger partial charge in [-0.1, -0.05) is 78.0 Å². The summed E-state index contributed by atoms with van der Waals surface area (Å²) in [4.78, 5) is 18.6. The van der Waals surface area contributed by atoms with Gasteiger partial charge in [-0.05, 0) is 66.1 Å². The molecule has 228 valence electrons. The van der Waals surface area contributed by atoms with E-state index in [1.54, 1.807) is 42.1 Å². The smallest absolute Gasteiger partial charge is 0.255 e. The number of ether oxygens (including phenoxy) is 2. The van der Waals surface area contributed by atoms with Gasteiger partial charge in [-0.2, -0.15) is 4.98 Å². The van der Waals surface area contributed by atoms with E-state index in [9.17, 15) is 9.18 Å². The Morgan fingerprint density at radius 1 is 1.02 bits per heavy atom. The first kappa shape index (κ1) is 30.2. The molecule has 0 bridgehead atoms. The quantitative estimate of drug-likeness (QED) is 0.150. The number of benzene rings is 4. The Morgan fingerprint density at radius 3 is 2.51 bits per heavy atom. The predicted octanol–water partition coefficient (Wildman–Crippen LogP) is 7.88. The summed E-state index contributed by atoms with van der Waals surface area (Å²) in [5.41, 5.74) is 3.97. The van der Waals surface area contributed by atoms with Gasteiger partial charge in [-0.25, -0.2) is 9.07 Å². The van der Waals surface area contributed by atoms with Crippen molar-refractivity contribution in [3.05, 3.63) is 136 Å². The molecule has 2 N–H and O–H groups in total. The molecular weight excluding hydrogens is 613 g/mol. The molecule has 1 aromatic heterocycles. The fourth-order valence-corrected chi connectivity index (χ4v) is 5.93. The lowest BCUT2D eigenvalue weighted by molar-refractivity contribution is -0.113. The number of halogens is 2. The maximum absolute atomic E-state index is 14.3. The van der Waals surface area contributed by atoms with Crippen molar-refractivity contribution < 1.29 is 18.7 Å². The normalized spacial score (nSPS) is 14.0. The van der Waals surface area contributed by atoms with Crippen molar-refractivity contribution in [1.29, 1.82) is 0 Å². The van der Waals surface area contributed by atoms with Crippen LogP contribution in [0, 0.1) is 5.82 Å². The van der Waals surface area contributed by atoms with Crippen molar-refractivity contribution in [2.75, 3.05) is 17.7 Å². The molecule has 2 heterocycles. The third-order valence-electron chi connectivity index (χ3n) is 7.26. The molecule has 5 aromatic rings. The topological polar surface area (TPSA) is 90.3 Å². The minimum atomic E-state index is -0.614. The highest BCUT2D eigenvalue weighted by Crippen LogP contribution is 2.38. The number of rotatable bonds is 10. The van der Waals surface area contributed by atoms with Crippen molar-refractivity contribution in [1.82, 2.24) is 14.8 Å². The number of thioether (sulfide) groups is 1. The molecule has 1 unspecified atom stereocenters. The van der Waals surface area contributed by atoms with Crippen molar-refractivity contribution in [2.45, 2.75) is 30.5 Å². The van der Waals surface area contributed by atoms with Gasteiger partial charge in [0.15, 0.2) is 0 Å². The molecule has 1 atom stereocenters. The Kier molecular flexibility index (Phi) is 9.04. The number of carbonyl (C=O) groups is 1. The summed E-state index contributed by atoms with van der Waals surface area (Å²) in [6.45, 7) is 2.21. The van der Waals surface area contributed by atoms with Gasteiger partial charge in [0.2, 0.25) is 11.1 Å². The maximum atomic E-state index is 14.3. The number of hydrogen-bond donors (Lipinski definition) is 2. The molecule has 0 saturated heterocycles. The maximum Gasteiger partial charge on any atom is 0.255 e. The molecule has 45 heavy (non-hydrogen) atoms. The average molecular weight is 642 g/mol. The van der Waals surface area contributed by atoms with Crippen molar-refractivity contribution in [2.24, 2.45) is 0 Å². The molecule has 0 aliphatic carbocycles. The third-order valence-corrected chi connectivity index (χ3v) is 8.40. The van der Waals surface area contributed by atoms with Crippen LogP contribution in [-0.2, 0) is 17.2 Å². The molecule has 0 radical (unpaired) electrons. The van der Waals surface area contributed by atoms with Crippen LogP contribution in [-0.4, -0.2) is 27.8 Å². The molecule has 11 heteroatoms. The van der Waals surface area contributed by atoms with E-state index >= 15 is 0 Å². The van der Waals surface area contributed by atoms with Crippen LogP contribution >= 0.6 is 23.4 Å². The lowest BCUT2D eigenvalue weighted by Gasteiger charge is -2.29. The zero-order valence-electron chi connectivity index (χ0n) is 24.5. The zero-order valence-corrected chi connectivity index (χ0v) is 26.0. The molecular formula is C34H29ClFN5O3S. The first-order valence-electron chi connectivity index (χ1n) is 14.1. The number of allylic oxidation sites excluding steroid dienone is 1. The third kappa shape index (κ3) is 6.82. The molecule has 1 aliphatic rings. The summed E-state index contributed by atoms with van der Waals surface area (Å²) in [5, 5.41) is 12.1. The molecule has 0 fully saturated rings. The number of aromatic nitrogens is 3. The SMILES string of the molecule is COc1ccccc1NC(=O)C1=C(C)Nc2nc(SCc3ccccc3F)nn2C1c1ccc(OCc2ccc(Cl)cc2)cc1. The summed E-state index contributed by atoms with van der Waals surface area (Å²) in [6, 6.07) is 28.3. The highest BCUT2D eigenvalue weighted by atomic mass is 35.5. The van der Waals surface area contributed by atoms with Crippen LogP contribution in [0.2, 0.25) is 5.02 Å². The summed E-state index contributed by atoms with van der Waals surface area (Å²) >= 11 is 7.32. The van der Waals surface area contributed by atoms with Crippen LogP contribution in [0.15, 0.2) is 113 Å². The lowest BCUT2D eigenvalue weighted by Crippen LogP contribution is -2.31. The number of para-hydroxylation sites is 2. The van der Waals surface area contributed by atoms with Gasteiger partial charge >= 0.3 is 0 Å². The Morgan fingerprint density at radius 2 is 1.76 bits per heavy atom. The molecule has 1 amide bonds. The molecule has 0 spiro atoms. The van der Waals surface area contributed by atoms with Crippen molar-refractivity contribution in [3.8, 4) is 11.5 Å². The number of fused-ring (bicyclic) bond motifs is 1. The Bertz CT molecular complexity index is 1860. The number of nitrogens with one attached hydrogen (secondary N) is 2. The van der Waals surface area contributed by atoms with Crippen molar-refractivity contribution >= 4 is 40.9 Å². The van der Waals surface area contributed by atoms with Gasteiger partial charge in [-0.15, -0.1) is 5.10 Å². The van der Waals surface area contributed by atoms with E-state index in [1.165, 1.54) is 17.8 Å². The molecule has 4 aromatic carbocycles. The minimum Gasteiger partial charge on any atom is -0.495 e. The molecule has 6 rings (SSSR count). The standard InChI is InChI=1S/C34H29ClFN5O3S/c1-21-30(32(42)38-28-9-5-6-10-29(28)43-2)31(23-13-17-26(18-14-23)44-19-22-11-15-25(35)16-12-22)41-33(37-21)39-34(40-41)45-20-24-7-3-4-8-27(24)36/h3-18,31H,19-20H2,1-2H3,(H,38,42)(H,37,39,40). The van der Waals surface area contributed by atoms with Gasteiger partial charge in [0.25, 0.3) is 5.91 Å². The molecule has 8 nitrogen and oxygen atoms in total. The van der Waals surface area contributed by atoms with Gasteiger partial charge in [0.05, 0.1) is 18.4 Å². The van der Waals surface area contributed by atoms with Crippen LogP contribution in [0.1, 0.15) is 29.7 Å². The highest BCUT2D eigenvalue weighted by Gasteiger charge is 2.34. The Hall–Kier alpha value is -4.80. The second-order valence-corrected chi connectivity index (χ2v) is 11.6. The van der Waals surface area contributed by atoms with E-state index in [1.807, 2.05) is 67.6 Å². The van der Waals surface area contributed by atoms with E-state index in [4.69, 9.17) is 26.2 Å². The number of nitrogens with zero attached hydrogens (tertiary/aromatic N) is 3. The van der Waals surface area contributed by atoms with Crippen LogP contribution in [0.4, 0.5) is 16.0 Å². The summed E-state index contributed by atoms with van der Waals surface area (Å²) in [6.07, 6.45) is 0. The number of anilines is 2. The summed E-state index contributed by atoms with van der Waals surface area (Å²) < 4.78 is 27.4. The van der Waals surface area contributed by atoms with Crippen molar-refractivity contribution in [3.63, 3.8) is 0 Å². The number of carbonyl (C=O) groups excluding carboxylic acids is 1. The van der Waals surface area contributed by atoms with Gasteiger partial charge in [0, 0.05) is 16.5 Å². The van der Waals surface area contributed by atoms with Gasteiger partial charge in [0.1, 0.15) is 30.0 Å². The fourth-order valence-electron chi connectivity index (χ4n) is 4.98. The number of methoxy groups -OCH3 is 1. The lowest BCUT2D eigenvalue weighted by atomic mass is 9.95.